The molecular formula is C14H20ClNO. The lowest BCUT2D eigenvalue weighted by molar-refractivity contribution is 0.0671. The summed E-state index contributed by atoms with van der Waals surface area (Å²) in [6.45, 7) is 3.98. The average Bonchev–Trinajstić information content (AvgIpc) is 2.30. The molecule has 2 nitrogen and oxygen atoms in total. The summed E-state index contributed by atoms with van der Waals surface area (Å²) in [7, 11) is 0. The highest BCUT2D eigenvalue weighted by Gasteiger charge is 2.15. The highest BCUT2D eigenvalue weighted by atomic mass is 35.5. The van der Waals surface area contributed by atoms with Crippen molar-refractivity contribution in [3.05, 3.63) is 34.9 Å². The predicted molar refractivity (Wildman–Crippen MR) is 71.6 cm³/mol. The standard InChI is InChI=1S/C14H20ClNO/c1-11(16-14-6-3-7-17-10-14)8-12-4-2-5-13(15)9-12/h2,4-5,9,11,14,16H,3,6-8,10H2,1H3. The molecule has 0 spiro atoms. The number of rotatable bonds is 4. The monoisotopic (exact) mass is 253 g/mol. The molecule has 17 heavy (non-hydrogen) atoms. The van der Waals surface area contributed by atoms with Gasteiger partial charge in [-0.2, -0.15) is 0 Å². The minimum atomic E-state index is 0.458. The number of halogens is 1. The van der Waals surface area contributed by atoms with E-state index in [1.807, 2.05) is 18.2 Å². The van der Waals surface area contributed by atoms with E-state index >= 15 is 0 Å². The fourth-order valence-corrected chi connectivity index (χ4v) is 2.56. The van der Waals surface area contributed by atoms with Gasteiger partial charge in [0, 0.05) is 23.7 Å². The molecule has 3 heteroatoms. The van der Waals surface area contributed by atoms with Crippen LogP contribution in [0.15, 0.2) is 24.3 Å². The zero-order valence-electron chi connectivity index (χ0n) is 10.3. The van der Waals surface area contributed by atoms with E-state index in [2.05, 4.69) is 18.3 Å². The lowest BCUT2D eigenvalue weighted by Crippen LogP contribution is -2.42. The maximum absolute atomic E-state index is 5.98. The topological polar surface area (TPSA) is 21.3 Å². The van der Waals surface area contributed by atoms with Gasteiger partial charge in [-0.1, -0.05) is 23.7 Å². The second-order valence-electron chi connectivity index (χ2n) is 4.82. The molecule has 1 heterocycles. The van der Waals surface area contributed by atoms with E-state index in [4.69, 9.17) is 16.3 Å². The molecule has 1 fully saturated rings. The van der Waals surface area contributed by atoms with E-state index in [-0.39, 0.29) is 0 Å². The minimum absolute atomic E-state index is 0.458. The van der Waals surface area contributed by atoms with Crippen LogP contribution in [0.3, 0.4) is 0 Å². The molecule has 1 saturated heterocycles. The van der Waals surface area contributed by atoms with Gasteiger partial charge in [-0.25, -0.2) is 0 Å². The third-order valence-corrected chi connectivity index (χ3v) is 3.35. The predicted octanol–water partition coefficient (Wildman–Crippen LogP) is 3.04. The largest absolute Gasteiger partial charge is 0.380 e. The van der Waals surface area contributed by atoms with Crippen LogP contribution in [0.4, 0.5) is 0 Å². The fourth-order valence-electron chi connectivity index (χ4n) is 2.35. The van der Waals surface area contributed by atoms with Gasteiger partial charge in [0.05, 0.1) is 6.61 Å². The van der Waals surface area contributed by atoms with Crippen molar-refractivity contribution in [3.8, 4) is 0 Å². The van der Waals surface area contributed by atoms with Gasteiger partial charge >= 0.3 is 0 Å². The molecule has 2 atom stereocenters. The molecule has 0 saturated carbocycles. The quantitative estimate of drug-likeness (QED) is 0.891. The zero-order chi connectivity index (χ0) is 12.1. The molecule has 1 aromatic carbocycles. The highest BCUT2D eigenvalue weighted by Crippen LogP contribution is 2.13. The second-order valence-corrected chi connectivity index (χ2v) is 5.25. The Labute approximate surface area is 108 Å². The van der Waals surface area contributed by atoms with Crippen LogP contribution in [0.25, 0.3) is 0 Å². The molecule has 1 N–H and O–H groups in total. The molecule has 0 amide bonds. The average molecular weight is 254 g/mol. The molecule has 2 unspecified atom stereocenters. The number of nitrogens with one attached hydrogen (secondary N) is 1. The minimum Gasteiger partial charge on any atom is -0.380 e. The lowest BCUT2D eigenvalue weighted by atomic mass is 10.0. The molecular weight excluding hydrogens is 234 g/mol. The van der Waals surface area contributed by atoms with Gasteiger partial charge in [0.1, 0.15) is 0 Å². The van der Waals surface area contributed by atoms with Crippen molar-refractivity contribution in [1.29, 1.82) is 0 Å². The number of hydrogen-bond donors (Lipinski definition) is 1. The van der Waals surface area contributed by atoms with Crippen LogP contribution >= 0.6 is 11.6 Å². The Hall–Kier alpha value is -0.570. The summed E-state index contributed by atoms with van der Waals surface area (Å²) in [6, 6.07) is 9.06. The van der Waals surface area contributed by atoms with Crippen molar-refractivity contribution in [2.45, 2.75) is 38.3 Å². The molecule has 1 aliphatic heterocycles. The zero-order valence-corrected chi connectivity index (χ0v) is 11.0. The molecule has 94 valence electrons. The summed E-state index contributed by atoms with van der Waals surface area (Å²) in [5.74, 6) is 0. The molecule has 0 bridgehead atoms. The van der Waals surface area contributed by atoms with Crippen LogP contribution in [0, 0.1) is 0 Å². The first-order valence-corrected chi connectivity index (χ1v) is 6.70. The molecule has 2 rings (SSSR count). The second kappa shape index (κ2) is 6.39. The number of hydrogen-bond acceptors (Lipinski definition) is 2. The van der Waals surface area contributed by atoms with Gasteiger partial charge in [0.2, 0.25) is 0 Å². The number of benzene rings is 1. The number of ether oxygens (including phenoxy) is 1. The Morgan fingerprint density at radius 1 is 1.53 bits per heavy atom. The third-order valence-electron chi connectivity index (χ3n) is 3.11. The van der Waals surface area contributed by atoms with Crippen molar-refractivity contribution in [2.75, 3.05) is 13.2 Å². The Bertz CT molecular complexity index is 350. The summed E-state index contributed by atoms with van der Waals surface area (Å²) in [4.78, 5) is 0. The Morgan fingerprint density at radius 3 is 3.12 bits per heavy atom. The molecule has 0 aromatic heterocycles. The van der Waals surface area contributed by atoms with Crippen LogP contribution in [0.1, 0.15) is 25.3 Å². The van der Waals surface area contributed by atoms with E-state index in [0.717, 1.165) is 24.7 Å². The lowest BCUT2D eigenvalue weighted by Gasteiger charge is -2.26. The van der Waals surface area contributed by atoms with Crippen molar-refractivity contribution >= 4 is 11.6 Å². The Morgan fingerprint density at radius 2 is 2.41 bits per heavy atom. The molecule has 1 aliphatic rings. The normalized spacial score (nSPS) is 22.4. The Balaban J connectivity index is 1.82. The summed E-state index contributed by atoms with van der Waals surface area (Å²) in [5, 5.41) is 4.43. The van der Waals surface area contributed by atoms with Crippen molar-refractivity contribution in [1.82, 2.24) is 5.32 Å². The fraction of sp³-hybridized carbons (Fsp3) is 0.571. The van der Waals surface area contributed by atoms with E-state index < -0.39 is 0 Å². The summed E-state index contributed by atoms with van der Waals surface area (Å²) < 4.78 is 5.47. The van der Waals surface area contributed by atoms with E-state index in [1.165, 1.54) is 18.4 Å². The van der Waals surface area contributed by atoms with Crippen LogP contribution in [-0.2, 0) is 11.2 Å². The van der Waals surface area contributed by atoms with Crippen LogP contribution in [0.2, 0.25) is 5.02 Å². The Kier molecular flexibility index (Phi) is 4.84. The maximum atomic E-state index is 5.98. The van der Waals surface area contributed by atoms with Crippen molar-refractivity contribution in [3.63, 3.8) is 0 Å². The van der Waals surface area contributed by atoms with Gasteiger partial charge < -0.3 is 10.1 Å². The highest BCUT2D eigenvalue weighted by molar-refractivity contribution is 6.30. The van der Waals surface area contributed by atoms with Crippen molar-refractivity contribution in [2.24, 2.45) is 0 Å². The molecule has 0 radical (unpaired) electrons. The molecule has 0 aliphatic carbocycles. The van der Waals surface area contributed by atoms with E-state index in [1.54, 1.807) is 0 Å². The van der Waals surface area contributed by atoms with Crippen LogP contribution < -0.4 is 5.32 Å². The van der Waals surface area contributed by atoms with Crippen LogP contribution in [-0.4, -0.2) is 25.3 Å². The summed E-state index contributed by atoms with van der Waals surface area (Å²) in [5.41, 5.74) is 1.29. The maximum Gasteiger partial charge on any atom is 0.0619 e. The smallest absolute Gasteiger partial charge is 0.0619 e. The first kappa shape index (κ1) is 12.9. The van der Waals surface area contributed by atoms with Gasteiger partial charge in [-0.15, -0.1) is 0 Å². The summed E-state index contributed by atoms with van der Waals surface area (Å²) >= 11 is 5.98. The van der Waals surface area contributed by atoms with Gasteiger partial charge in [0.25, 0.3) is 0 Å². The van der Waals surface area contributed by atoms with E-state index in [0.29, 0.717) is 12.1 Å². The third kappa shape index (κ3) is 4.30. The van der Waals surface area contributed by atoms with E-state index in [9.17, 15) is 0 Å². The summed E-state index contributed by atoms with van der Waals surface area (Å²) in [6.07, 6.45) is 3.40. The molecule has 1 aromatic rings. The van der Waals surface area contributed by atoms with Crippen LogP contribution in [0.5, 0.6) is 0 Å². The van der Waals surface area contributed by atoms with Gasteiger partial charge in [0.15, 0.2) is 0 Å². The van der Waals surface area contributed by atoms with Gasteiger partial charge in [-0.3, -0.25) is 0 Å². The first-order chi connectivity index (χ1) is 8.24. The van der Waals surface area contributed by atoms with Crippen molar-refractivity contribution < 1.29 is 4.74 Å². The first-order valence-electron chi connectivity index (χ1n) is 6.32. The van der Waals surface area contributed by atoms with Gasteiger partial charge in [-0.05, 0) is 43.9 Å². The SMILES string of the molecule is CC(Cc1cccc(Cl)c1)NC1CCCOC1.